The summed E-state index contributed by atoms with van der Waals surface area (Å²) < 4.78 is 16.6. The molecule has 0 fully saturated rings. The van der Waals surface area contributed by atoms with E-state index in [1.165, 1.54) is 0 Å². The molecule has 0 atom stereocenters. The Morgan fingerprint density at radius 2 is 1.86 bits per heavy atom. The number of carbonyl (C=O) groups excluding carboxylic acids is 1. The number of nitrogens with one attached hydrogen (secondary N) is 2. The number of benzene rings is 2. The van der Waals surface area contributed by atoms with E-state index in [1.54, 1.807) is 33.5 Å². The maximum Gasteiger partial charge on any atom is 0.249 e. The van der Waals surface area contributed by atoms with Gasteiger partial charge in [-0.15, -0.1) is 5.10 Å². The van der Waals surface area contributed by atoms with Crippen LogP contribution in [0.15, 0.2) is 40.9 Å². The number of nitrogens with zero attached hydrogens (tertiary/aromatic N) is 2. The fraction of sp³-hybridized carbons (Fsp3) is 0.250. The highest BCUT2D eigenvalue weighted by Gasteiger charge is 2.14. The van der Waals surface area contributed by atoms with Crippen LogP contribution >= 0.6 is 15.9 Å². The largest absolute Gasteiger partial charge is 0.497 e. The second-order valence-electron chi connectivity index (χ2n) is 6.09. The van der Waals surface area contributed by atoms with Gasteiger partial charge in [0.25, 0.3) is 0 Å². The number of rotatable bonds is 8. The molecule has 0 aliphatic rings. The summed E-state index contributed by atoms with van der Waals surface area (Å²) in [6.45, 7) is 0. The van der Waals surface area contributed by atoms with E-state index in [4.69, 9.17) is 14.2 Å². The van der Waals surface area contributed by atoms with E-state index in [2.05, 4.69) is 36.4 Å². The summed E-state index contributed by atoms with van der Waals surface area (Å²) in [6.07, 6.45) is 0.881. The number of aromatic amines is 1. The first-order chi connectivity index (χ1) is 14.0. The number of hydrogen-bond donors (Lipinski definition) is 2. The fourth-order valence-electron chi connectivity index (χ4n) is 2.74. The van der Waals surface area contributed by atoms with E-state index in [9.17, 15) is 4.79 Å². The van der Waals surface area contributed by atoms with Crippen LogP contribution in [0.2, 0.25) is 0 Å². The molecular formula is C20H21BrN4O4. The molecule has 3 aromatic rings. The summed E-state index contributed by atoms with van der Waals surface area (Å²) in [5, 5.41) is 9.59. The highest BCUT2D eigenvalue weighted by molar-refractivity contribution is 9.10. The molecule has 0 aliphatic carbocycles. The van der Waals surface area contributed by atoms with Crippen LogP contribution in [0.3, 0.4) is 0 Å². The molecule has 152 valence electrons. The van der Waals surface area contributed by atoms with Gasteiger partial charge in [-0.25, -0.2) is 0 Å². The average Bonchev–Trinajstić information content (AvgIpc) is 3.19. The number of ether oxygens (including phenoxy) is 3. The van der Waals surface area contributed by atoms with Gasteiger partial charge in [0.15, 0.2) is 5.82 Å². The summed E-state index contributed by atoms with van der Waals surface area (Å²) in [7, 11) is 4.76. The molecule has 0 unspecified atom stereocenters. The average molecular weight is 461 g/mol. The number of methoxy groups -OCH3 is 3. The summed E-state index contributed by atoms with van der Waals surface area (Å²) in [4.78, 5) is 16.6. The molecule has 1 heterocycles. The van der Waals surface area contributed by atoms with Gasteiger partial charge in [0.05, 0.1) is 31.4 Å². The number of hydrogen-bond acceptors (Lipinski definition) is 6. The van der Waals surface area contributed by atoms with Crippen LogP contribution in [0.5, 0.6) is 17.2 Å². The minimum atomic E-state index is -0.177. The lowest BCUT2D eigenvalue weighted by molar-refractivity contribution is -0.116. The van der Waals surface area contributed by atoms with Crippen LogP contribution in [0, 0.1) is 0 Å². The lowest BCUT2D eigenvalue weighted by Gasteiger charge is -2.08. The maximum absolute atomic E-state index is 12.3. The standard InChI is InChI=1S/C20H21BrN4O4/c1-27-13-6-7-14(17(11-13)29-3)19-23-20(25-24-19)22-18(26)9-5-12-4-8-16(28-2)15(21)10-12/h4,6-8,10-11H,5,9H2,1-3H3,(H2,22,23,24,25,26). The van der Waals surface area contributed by atoms with Gasteiger partial charge in [0.2, 0.25) is 11.9 Å². The molecule has 0 saturated carbocycles. The molecule has 2 aromatic carbocycles. The van der Waals surface area contributed by atoms with Crippen molar-refractivity contribution in [3.63, 3.8) is 0 Å². The van der Waals surface area contributed by atoms with Crippen molar-refractivity contribution in [2.45, 2.75) is 12.8 Å². The Labute approximate surface area is 176 Å². The van der Waals surface area contributed by atoms with E-state index in [0.717, 1.165) is 15.8 Å². The lowest BCUT2D eigenvalue weighted by atomic mass is 10.1. The van der Waals surface area contributed by atoms with Crippen molar-refractivity contribution < 1.29 is 19.0 Å². The molecule has 0 aliphatic heterocycles. The fourth-order valence-corrected chi connectivity index (χ4v) is 3.33. The Hall–Kier alpha value is -3.07. The van der Waals surface area contributed by atoms with Crippen LogP contribution in [0.1, 0.15) is 12.0 Å². The Bertz CT molecular complexity index is 1010. The van der Waals surface area contributed by atoms with Crippen molar-refractivity contribution in [2.24, 2.45) is 0 Å². The van der Waals surface area contributed by atoms with Gasteiger partial charge in [0.1, 0.15) is 17.2 Å². The van der Waals surface area contributed by atoms with E-state index in [0.29, 0.717) is 35.7 Å². The lowest BCUT2D eigenvalue weighted by Crippen LogP contribution is -2.13. The number of aromatic nitrogens is 3. The Morgan fingerprint density at radius 1 is 1.07 bits per heavy atom. The highest BCUT2D eigenvalue weighted by Crippen LogP contribution is 2.31. The third-order valence-electron chi connectivity index (χ3n) is 4.26. The molecule has 9 heteroatoms. The summed E-state index contributed by atoms with van der Waals surface area (Å²) in [6, 6.07) is 11.1. The first-order valence-corrected chi connectivity index (χ1v) is 9.60. The number of amides is 1. The Kier molecular flexibility index (Phi) is 6.71. The van der Waals surface area contributed by atoms with E-state index < -0.39 is 0 Å². The SMILES string of the molecule is COc1ccc(-c2nc(NC(=O)CCc3ccc(OC)c(Br)c3)n[nH]2)c(OC)c1. The van der Waals surface area contributed by atoms with Crippen LogP contribution in [0.4, 0.5) is 5.95 Å². The second kappa shape index (κ2) is 9.42. The second-order valence-corrected chi connectivity index (χ2v) is 6.95. The van der Waals surface area contributed by atoms with Crippen molar-refractivity contribution in [3.8, 4) is 28.6 Å². The van der Waals surface area contributed by atoms with Gasteiger partial charge in [-0.2, -0.15) is 4.98 Å². The summed E-state index contributed by atoms with van der Waals surface area (Å²) in [5.74, 6) is 2.52. The summed E-state index contributed by atoms with van der Waals surface area (Å²) >= 11 is 3.45. The molecule has 1 amide bonds. The Balaban J connectivity index is 1.63. The van der Waals surface area contributed by atoms with E-state index in [-0.39, 0.29) is 11.9 Å². The number of halogens is 1. The van der Waals surface area contributed by atoms with Gasteiger partial charge in [0, 0.05) is 12.5 Å². The Morgan fingerprint density at radius 3 is 2.55 bits per heavy atom. The zero-order chi connectivity index (χ0) is 20.8. The smallest absolute Gasteiger partial charge is 0.249 e. The van der Waals surface area contributed by atoms with Crippen LogP contribution in [-0.2, 0) is 11.2 Å². The van der Waals surface area contributed by atoms with Crippen molar-refractivity contribution in [1.82, 2.24) is 15.2 Å². The van der Waals surface area contributed by atoms with Crippen molar-refractivity contribution >= 4 is 27.8 Å². The van der Waals surface area contributed by atoms with Gasteiger partial charge < -0.3 is 14.2 Å². The zero-order valence-electron chi connectivity index (χ0n) is 16.3. The van der Waals surface area contributed by atoms with Gasteiger partial charge in [-0.1, -0.05) is 6.07 Å². The van der Waals surface area contributed by atoms with Gasteiger partial charge in [-0.05, 0) is 52.2 Å². The molecule has 3 rings (SSSR count). The number of aryl methyl sites for hydroxylation is 1. The molecular weight excluding hydrogens is 440 g/mol. The third kappa shape index (κ3) is 5.05. The minimum absolute atomic E-state index is 0.177. The van der Waals surface area contributed by atoms with Crippen LogP contribution in [-0.4, -0.2) is 42.4 Å². The summed E-state index contributed by atoms with van der Waals surface area (Å²) in [5.41, 5.74) is 1.73. The first kappa shape index (κ1) is 20.7. The molecule has 0 spiro atoms. The molecule has 2 N–H and O–H groups in total. The number of H-pyrrole nitrogens is 1. The number of anilines is 1. The topological polar surface area (TPSA) is 98.4 Å². The van der Waals surface area contributed by atoms with Gasteiger partial charge in [-0.3, -0.25) is 15.2 Å². The van der Waals surface area contributed by atoms with Crippen molar-refractivity contribution in [1.29, 1.82) is 0 Å². The maximum atomic E-state index is 12.3. The predicted molar refractivity (Wildman–Crippen MR) is 113 cm³/mol. The monoisotopic (exact) mass is 460 g/mol. The molecule has 29 heavy (non-hydrogen) atoms. The highest BCUT2D eigenvalue weighted by atomic mass is 79.9. The van der Waals surface area contributed by atoms with Crippen LogP contribution < -0.4 is 19.5 Å². The first-order valence-electron chi connectivity index (χ1n) is 8.81. The molecule has 0 saturated heterocycles. The quantitative estimate of drug-likeness (QED) is 0.529. The minimum Gasteiger partial charge on any atom is -0.497 e. The number of carbonyl (C=O) groups is 1. The molecule has 0 radical (unpaired) electrons. The normalized spacial score (nSPS) is 10.5. The van der Waals surface area contributed by atoms with Crippen molar-refractivity contribution in [3.05, 3.63) is 46.4 Å². The van der Waals surface area contributed by atoms with Crippen LogP contribution in [0.25, 0.3) is 11.4 Å². The van der Waals surface area contributed by atoms with E-state index in [1.807, 2.05) is 24.3 Å². The molecule has 0 bridgehead atoms. The molecule has 1 aromatic heterocycles. The van der Waals surface area contributed by atoms with Gasteiger partial charge >= 0.3 is 0 Å². The molecule has 8 nitrogen and oxygen atoms in total. The van der Waals surface area contributed by atoms with E-state index >= 15 is 0 Å². The predicted octanol–water partition coefficient (Wildman–Crippen LogP) is 3.83. The third-order valence-corrected chi connectivity index (χ3v) is 4.88. The zero-order valence-corrected chi connectivity index (χ0v) is 17.9. The van der Waals surface area contributed by atoms with Crippen molar-refractivity contribution in [2.75, 3.05) is 26.6 Å².